The van der Waals surface area contributed by atoms with E-state index in [0.29, 0.717) is 12.3 Å². The molecule has 3 nitrogen and oxygen atoms in total. The summed E-state index contributed by atoms with van der Waals surface area (Å²) in [5, 5.41) is 0. The normalized spacial score (nSPS) is 12.8. The van der Waals surface area contributed by atoms with Crippen molar-refractivity contribution in [1.29, 1.82) is 0 Å². The van der Waals surface area contributed by atoms with Gasteiger partial charge in [0, 0.05) is 5.70 Å². The van der Waals surface area contributed by atoms with Gasteiger partial charge in [-0.05, 0) is 33.8 Å². The molecular weight excluding hydrogens is 154 g/mol. The van der Waals surface area contributed by atoms with Gasteiger partial charge in [0.2, 0.25) is 0 Å². The van der Waals surface area contributed by atoms with Crippen molar-refractivity contribution in [2.45, 2.75) is 27.7 Å². The molecule has 0 unspecified atom stereocenters. The van der Waals surface area contributed by atoms with Gasteiger partial charge in [-0.25, -0.2) is 0 Å². The minimum Gasteiger partial charge on any atom is -0.465 e. The Bertz CT molecular complexity index is 191. The molecule has 0 amide bonds. The number of hydrogen-bond donors (Lipinski definition) is 1. The fraction of sp³-hybridized carbons (Fsp3) is 0.667. The molecule has 0 heterocycles. The third-order valence-corrected chi connectivity index (χ3v) is 1.39. The zero-order valence-corrected chi connectivity index (χ0v) is 8.18. The van der Waals surface area contributed by atoms with E-state index >= 15 is 0 Å². The lowest BCUT2D eigenvalue weighted by molar-refractivity contribution is -0.150. The second-order valence-corrected chi connectivity index (χ2v) is 3.33. The molecular formula is C9H17NO2. The molecule has 0 radical (unpaired) electrons. The number of allylic oxidation sites excluding steroid dienone is 1. The standard InChI is InChI=1S/C9H17NO2/c1-5-12-8(11)9(3,4)6-7(2)10/h6H,5,10H2,1-4H3/b7-6+. The van der Waals surface area contributed by atoms with E-state index in [0.717, 1.165) is 0 Å². The molecule has 0 aromatic rings. The Balaban J connectivity index is 4.39. The van der Waals surface area contributed by atoms with E-state index < -0.39 is 5.41 Å². The summed E-state index contributed by atoms with van der Waals surface area (Å²) < 4.78 is 4.87. The number of carbonyl (C=O) groups excluding carboxylic acids is 1. The van der Waals surface area contributed by atoms with Crippen molar-refractivity contribution < 1.29 is 9.53 Å². The van der Waals surface area contributed by atoms with Crippen LogP contribution < -0.4 is 5.73 Å². The van der Waals surface area contributed by atoms with Gasteiger partial charge in [-0.3, -0.25) is 4.79 Å². The van der Waals surface area contributed by atoms with Crippen LogP contribution in [0.3, 0.4) is 0 Å². The Hall–Kier alpha value is -0.990. The Morgan fingerprint density at radius 1 is 1.58 bits per heavy atom. The SMILES string of the molecule is CCOC(=O)C(C)(C)/C=C(\C)N. The first-order valence-corrected chi connectivity index (χ1v) is 4.02. The predicted molar refractivity (Wildman–Crippen MR) is 48.4 cm³/mol. The molecule has 0 aliphatic heterocycles. The van der Waals surface area contributed by atoms with Gasteiger partial charge < -0.3 is 10.5 Å². The first-order chi connectivity index (χ1) is 5.40. The smallest absolute Gasteiger partial charge is 0.315 e. The highest BCUT2D eigenvalue weighted by molar-refractivity contribution is 5.78. The molecule has 0 aliphatic carbocycles. The topological polar surface area (TPSA) is 52.3 Å². The van der Waals surface area contributed by atoms with E-state index in [1.165, 1.54) is 0 Å². The van der Waals surface area contributed by atoms with Crippen LogP contribution in [0.25, 0.3) is 0 Å². The zero-order valence-electron chi connectivity index (χ0n) is 8.18. The Kier molecular flexibility index (Phi) is 3.80. The second-order valence-electron chi connectivity index (χ2n) is 3.33. The van der Waals surface area contributed by atoms with Crippen LogP contribution in [0, 0.1) is 5.41 Å². The Morgan fingerprint density at radius 3 is 2.42 bits per heavy atom. The van der Waals surface area contributed by atoms with Crippen molar-refractivity contribution in [1.82, 2.24) is 0 Å². The summed E-state index contributed by atoms with van der Waals surface area (Å²) in [7, 11) is 0. The number of hydrogen-bond acceptors (Lipinski definition) is 3. The maximum absolute atomic E-state index is 11.3. The molecule has 0 bridgehead atoms. The molecule has 0 aromatic carbocycles. The van der Waals surface area contributed by atoms with E-state index in [-0.39, 0.29) is 5.97 Å². The van der Waals surface area contributed by atoms with Gasteiger partial charge in [-0.15, -0.1) is 0 Å². The first kappa shape index (κ1) is 11.0. The van der Waals surface area contributed by atoms with Crippen molar-refractivity contribution in [2.24, 2.45) is 11.1 Å². The Morgan fingerprint density at radius 2 is 2.08 bits per heavy atom. The summed E-state index contributed by atoms with van der Waals surface area (Å²) in [6.07, 6.45) is 1.70. The lowest BCUT2D eigenvalue weighted by Gasteiger charge is -2.18. The largest absolute Gasteiger partial charge is 0.465 e. The van der Waals surface area contributed by atoms with Gasteiger partial charge >= 0.3 is 5.97 Å². The van der Waals surface area contributed by atoms with Crippen molar-refractivity contribution in [2.75, 3.05) is 6.61 Å². The van der Waals surface area contributed by atoms with E-state index in [2.05, 4.69) is 0 Å². The third-order valence-electron chi connectivity index (χ3n) is 1.39. The minimum atomic E-state index is -0.616. The maximum Gasteiger partial charge on any atom is 0.315 e. The number of esters is 1. The van der Waals surface area contributed by atoms with Crippen LogP contribution in [0.1, 0.15) is 27.7 Å². The van der Waals surface area contributed by atoms with E-state index in [4.69, 9.17) is 10.5 Å². The molecule has 70 valence electrons. The summed E-state index contributed by atoms with van der Waals surface area (Å²) in [5.41, 5.74) is 5.48. The summed E-state index contributed by atoms with van der Waals surface area (Å²) in [6.45, 7) is 7.50. The zero-order chi connectivity index (χ0) is 9.78. The summed E-state index contributed by atoms with van der Waals surface area (Å²) >= 11 is 0. The van der Waals surface area contributed by atoms with Gasteiger partial charge in [0.1, 0.15) is 0 Å². The molecule has 2 N–H and O–H groups in total. The molecule has 0 aliphatic rings. The van der Waals surface area contributed by atoms with Gasteiger partial charge in [-0.1, -0.05) is 0 Å². The first-order valence-electron chi connectivity index (χ1n) is 4.02. The summed E-state index contributed by atoms with van der Waals surface area (Å²) in [6, 6.07) is 0. The van der Waals surface area contributed by atoms with Crippen LogP contribution in [0.5, 0.6) is 0 Å². The highest BCUT2D eigenvalue weighted by Gasteiger charge is 2.26. The number of carbonyl (C=O) groups is 1. The van der Waals surface area contributed by atoms with Crippen LogP contribution in [0.15, 0.2) is 11.8 Å². The van der Waals surface area contributed by atoms with E-state index in [1.54, 1.807) is 33.8 Å². The molecule has 0 fully saturated rings. The van der Waals surface area contributed by atoms with Crippen LogP contribution in [0.2, 0.25) is 0 Å². The number of rotatable bonds is 3. The molecule has 0 saturated heterocycles. The maximum atomic E-state index is 11.3. The predicted octanol–water partition coefficient (Wildman–Crippen LogP) is 1.44. The van der Waals surface area contributed by atoms with E-state index in [1.807, 2.05) is 0 Å². The highest BCUT2D eigenvalue weighted by atomic mass is 16.5. The average Bonchev–Trinajstić information content (AvgIpc) is 1.85. The average molecular weight is 171 g/mol. The van der Waals surface area contributed by atoms with Crippen LogP contribution in [-0.2, 0) is 9.53 Å². The van der Waals surface area contributed by atoms with Crippen molar-refractivity contribution in [3.05, 3.63) is 11.8 Å². The van der Waals surface area contributed by atoms with Crippen LogP contribution >= 0.6 is 0 Å². The fourth-order valence-electron chi connectivity index (χ4n) is 0.945. The van der Waals surface area contributed by atoms with Crippen LogP contribution in [-0.4, -0.2) is 12.6 Å². The summed E-state index contributed by atoms with van der Waals surface area (Å²) in [5.74, 6) is -0.241. The molecule has 0 saturated carbocycles. The summed E-state index contributed by atoms with van der Waals surface area (Å²) in [4.78, 5) is 11.3. The monoisotopic (exact) mass is 171 g/mol. The quantitative estimate of drug-likeness (QED) is 0.654. The van der Waals surface area contributed by atoms with Gasteiger partial charge in [-0.2, -0.15) is 0 Å². The third kappa shape index (κ3) is 3.42. The molecule has 0 rings (SSSR count). The minimum absolute atomic E-state index is 0.241. The molecule has 12 heavy (non-hydrogen) atoms. The van der Waals surface area contributed by atoms with E-state index in [9.17, 15) is 4.79 Å². The van der Waals surface area contributed by atoms with Gasteiger partial charge in [0.25, 0.3) is 0 Å². The highest BCUT2D eigenvalue weighted by Crippen LogP contribution is 2.19. The second kappa shape index (κ2) is 4.14. The number of ether oxygens (including phenoxy) is 1. The molecule has 0 atom stereocenters. The van der Waals surface area contributed by atoms with Gasteiger partial charge in [0.15, 0.2) is 0 Å². The van der Waals surface area contributed by atoms with Crippen molar-refractivity contribution >= 4 is 5.97 Å². The van der Waals surface area contributed by atoms with Gasteiger partial charge in [0.05, 0.1) is 12.0 Å². The van der Waals surface area contributed by atoms with Crippen molar-refractivity contribution in [3.63, 3.8) is 0 Å². The van der Waals surface area contributed by atoms with Crippen molar-refractivity contribution in [3.8, 4) is 0 Å². The molecule has 0 aromatic heterocycles. The lowest BCUT2D eigenvalue weighted by Crippen LogP contribution is -2.25. The molecule has 0 spiro atoms. The Labute approximate surface area is 73.6 Å². The lowest BCUT2D eigenvalue weighted by atomic mass is 9.92. The fourth-order valence-corrected chi connectivity index (χ4v) is 0.945. The molecule has 3 heteroatoms. The number of nitrogens with two attached hydrogens (primary N) is 1. The van der Waals surface area contributed by atoms with Crippen LogP contribution in [0.4, 0.5) is 0 Å².